The molecule has 2 nitrogen and oxygen atoms in total. The zero-order chi connectivity index (χ0) is 13.7. The van der Waals surface area contributed by atoms with Gasteiger partial charge in [0.05, 0.1) is 0 Å². The predicted octanol–water partition coefficient (Wildman–Crippen LogP) is 3.71. The third kappa shape index (κ3) is 4.27. The summed E-state index contributed by atoms with van der Waals surface area (Å²) in [5, 5.41) is 3.86. The van der Waals surface area contributed by atoms with Crippen molar-refractivity contribution in [2.45, 2.75) is 44.8 Å². The van der Waals surface area contributed by atoms with E-state index in [-0.39, 0.29) is 5.91 Å². The molecule has 1 aromatic rings. The molecule has 0 saturated heterocycles. The molecule has 0 aromatic heterocycles. The molecule has 0 spiro atoms. The number of benzene rings is 1. The van der Waals surface area contributed by atoms with Crippen molar-refractivity contribution in [2.75, 3.05) is 12.3 Å². The minimum Gasteiger partial charge on any atom is -0.351 e. The summed E-state index contributed by atoms with van der Waals surface area (Å²) in [5.74, 6) is 1.09. The summed E-state index contributed by atoms with van der Waals surface area (Å²) < 4.78 is 0. The van der Waals surface area contributed by atoms with Gasteiger partial charge < -0.3 is 5.32 Å². The van der Waals surface area contributed by atoms with Gasteiger partial charge in [-0.25, -0.2) is 0 Å². The third-order valence-corrected chi connectivity index (χ3v) is 5.06. The Morgan fingerprint density at radius 3 is 2.79 bits per heavy atom. The van der Waals surface area contributed by atoms with E-state index in [0.29, 0.717) is 0 Å². The first-order valence-electron chi connectivity index (χ1n) is 7.14. The maximum atomic E-state index is 12.1. The fraction of sp³-hybridized carbons (Fsp3) is 0.562. The maximum absolute atomic E-state index is 12.1. The maximum Gasteiger partial charge on any atom is 0.251 e. The molecule has 0 bridgehead atoms. The number of amides is 1. The average Bonchev–Trinajstić information content (AvgIpc) is 2.90. The molecule has 1 N–H and O–H groups in total. The number of rotatable bonds is 5. The average molecular weight is 277 g/mol. The van der Waals surface area contributed by atoms with E-state index in [1.54, 1.807) is 0 Å². The molecule has 1 aliphatic carbocycles. The molecule has 1 saturated carbocycles. The minimum absolute atomic E-state index is 0.0632. The van der Waals surface area contributed by atoms with Crippen molar-refractivity contribution in [1.82, 2.24) is 5.32 Å². The van der Waals surface area contributed by atoms with Crippen LogP contribution in [0.4, 0.5) is 0 Å². The van der Waals surface area contributed by atoms with Gasteiger partial charge in [-0.15, -0.1) is 0 Å². The topological polar surface area (TPSA) is 29.1 Å². The van der Waals surface area contributed by atoms with Crippen molar-refractivity contribution < 1.29 is 4.79 Å². The van der Waals surface area contributed by atoms with Crippen LogP contribution in [0.5, 0.6) is 0 Å². The summed E-state index contributed by atoms with van der Waals surface area (Å²) in [6.45, 7) is 4.78. The summed E-state index contributed by atoms with van der Waals surface area (Å²) in [7, 11) is 0. The number of thioether (sulfide) groups is 1. The molecule has 0 atom stereocenters. The molecule has 1 aliphatic rings. The number of nitrogens with one attached hydrogen (secondary N) is 1. The Labute approximate surface area is 120 Å². The molecular formula is C16H23NOS. The number of carbonyl (C=O) groups excluding carboxylic acids is 1. The first kappa shape index (κ1) is 14.4. The fourth-order valence-corrected chi connectivity index (χ4v) is 3.74. The Kier molecular flexibility index (Phi) is 5.32. The second kappa shape index (κ2) is 6.99. The van der Waals surface area contributed by atoms with Crippen LogP contribution in [-0.4, -0.2) is 23.5 Å². The number of carbonyl (C=O) groups is 1. The van der Waals surface area contributed by atoms with Gasteiger partial charge in [-0.05, 0) is 38.3 Å². The monoisotopic (exact) mass is 277 g/mol. The van der Waals surface area contributed by atoms with Crippen LogP contribution in [0, 0.1) is 13.8 Å². The van der Waals surface area contributed by atoms with E-state index in [1.165, 1.54) is 25.7 Å². The van der Waals surface area contributed by atoms with Gasteiger partial charge in [-0.1, -0.05) is 30.5 Å². The van der Waals surface area contributed by atoms with Crippen molar-refractivity contribution in [3.8, 4) is 0 Å². The zero-order valence-electron chi connectivity index (χ0n) is 11.9. The van der Waals surface area contributed by atoms with Crippen LogP contribution < -0.4 is 5.32 Å². The lowest BCUT2D eigenvalue weighted by molar-refractivity contribution is 0.0955. The van der Waals surface area contributed by atoms with Gasteiger partial charge in [0.1, 0.15) is 0 Å². The summed E-state index contributed by atoms with van der Waals surface area (Å²) in [4.78, 5) is 12.1. The third-order valence-electron chi connectivity index (χ3n) is 3.68. The second-order valence-electron chi connectivity index (χ2n) is 5.35. The molecule has 104 valence electrons. The van der Waals surface area contributed by atoms with Crippen LogP contribution in [0.3, 0.4) is 0 Å². The van der Waals surface area contributed by atoms with E-state index in [2.05, 4.69) is 5.32 Å². The Morgan fingerprint density at radius 1 is 1.32 bits per heavy atom. The summed E-state index contributed by atoms with van der Waals surface area (Å²) in [5.41, 5.74) is 2.99. The smallest absolute Gasteiger partial charge is 0.251 e. The van der Waals surface area contributed by atoms with Gasteiger partial charge in [0, 0.05) is 23.1 Å². The molecule has 0 heterocycles. The largest absolute Gasteiger partial charge is 0.351 e. The van der Waals surface area contributed by atoms with Gasteiger partial charge in [-0.2, -0.15) is 11.8 Å². The van der Waals surface area contributed by atoms with Gasteiger partial charge in [0.25, 0.3) is 5.91 Å². The molecule has 1 amide bonds. The Balaban J connectivity index is 1.75. The van der Waals surface area contributed by atoms with Gasteiger partial charge in [0.15, 0.2) is 0 Å². The van der Waals surface area contributed by atoms with Crippen LogP contribution >= 0.6 is 11.8 Å². The first-order chi connectivity index (χ1) is 9.16. The molecular weight excluding hydrogens is 254 g/mol. The zero-order valence-corrected chi connectivity index (χ0v) is 12.7. The van der Waals surface area contributed by atoms with E-state index in [0.717, 1.165) is 34.2 Å². The molecule has 0 aliphatic heterocycles. The van der Waals surface area contributed by atoms with Gasteiger partial charge in [-0.3, -0.25) is 4.79 Å². The highest BCUT2D eigenvalue weighted by Gasteiger charge is 2.15. The second-order valence-corrected chi connectivity index (χ2v) is 6.76. The van der Waals surface area contributed by atoms with E-state index in [9.17, 15) is 4.79 Å². The van der Waals surface area contributed by atoms with E-state index >= 15 is 0 Å². The highest BCUT2D eigenvalue weighted by atomic mass is 32.2. The predicted molar refractivity (Wildman–Crippen MR) is 83.0 cm³/mol. The van der Waals surface area contributed by atoms with Crippen LogP contribution in [0.15, 0.2) is 18.2 Å². The molecule has 1 fully saturated rings. The summed E-state index contributed by atoms with van der Waals surface area (Å²) in [6, 6.07) is 6.02. The number of hydrogen-bond donors (Lipinski definition) is 1. The van der Waals surface area contributed by atoms with Crippen molar-refractivity contribution in [3.05, 3.63) is 34.9 Å². The SMILES string of the molecule is Cc1ccc(C)c(C(=O)NCCSC2CCCC2)c1. The molecule has 0 radical (unpaired) electrons. The van der Waals surface area contributed by atoms with Gasteiger partial charge >= 0.3 is 0 Å². The van der Waals surface area contributed by atoms with Crippen molar-refractivity contribution >= 4 is 17.7 Å². The Morgan fingerprint density at radius 2 is 2.05 bits per heavy atom. The van der Waals surface area contributed by atoms with E-state index < -0.39 is 0 Å². The normalized spacial score (nSPS) is 15.7. The molecule has 3 heteroatoms. The quantitative estimate of drug-likeness (QED) is 0.831. The lowest BCUT2D eigenvalue weighted by Gasteiger charge is -2.10. The fourth-order valence-electron chi connectivity index (χ4n) is 2.52. The van der Waals surface area contributed by atoms with Gasteiger partial charge in [0.2, 0.25) is 0 Å². The lowest BCUT2D eigenvalue weighted by Crippen LogP contribution is -2.26. The number of hydrogen-bond acceptors (Lipinski definition) is 2. The highest BCUT2D eigenvalue weighted by Crippen LogP contribution is 2.28. The van der Waals surface area contributed by atoms with E-state index in [4.69, 9.17) is 0 Å². The minimum atomic E-state index is 0.0632. The van der Waals surface area contributed by atoms with Crippen LogP contribution in [0.2, 0.25) is 0 Å². The standard InChI is InChI=1S/C16H23NOS/c1-12-7-8-13(2)15(11-12)16(18)17-9-10-19-14-5-3-4-6-14/h7-8,11,14H,3-6,9-10H2,1-2H3,(H,17,18). The molecule has 1 aromatic carbocycles. The van der Waals surface area contributed by atoms with Crippen LogP contribution in [-0.2, 0) is 0 Å². The molecule has 0 unspecified atom stereocenters. The lowest BCUT2D eigenvalue weighted by atomic mass is 10.1. The van der Waals surface area contributed by atoms with E-state index in [1.807, 2.05) is 43.8 Å². The summed E-state index contributed by atoms with van der Waals surface area (Å²) in [6.07, 6.45) is 5.48. The Hall–Kier alpha value is -0.960. The van der Waals surface area contributed by atoms with Crippen LogP contribution in [0.1, 0.15) is 47.2 Å². The van der Waals surface area contributed by atoms with Crippen molar-refractivity contribution in [3.63, 3.8) is 0 Å². The molecule has 2 rings (SSSR count). The first-order valence-corrected chi connectivity index (χ1v) is 8.19. The van der Waals surface area contributed by atoms with Crippen molar-refractivity contribution in [2.24, 2.45) is 0 Å². The Bertz CT molecular complexity index is 438. The number of aryl methyl sites for hydroxylation is 2. The highest BCUT2D eigenvalue weighted by molar-refractivity contribution is 7.99. The molecule has 19 heavy (non-hydrogen) atoms. The van der Waals surface area contributed by atoms with Crippen molar-refractivity contribution in [1.29, 1.82) is 0 Å². The van der Waals surface area contributed by atoms with Crippen LogP contribution in [0.25, 0.3) is 0 Å². The summed E-state index contributed by atoms with van der Waals surface area (Å²) >= 11 is 2.01.